The molecule has 0 radical (unpaired) electrons. The molecule has 0 unspecified atom stereocenters. The number of ether oxygens (including phenoxy) is 2. The lowest BCUT2D eigenvalue weighted by Gasteiger charge is -2.33. The van der Waals surface area contributed by atoms with Gasteiger partial charge in [0.05, 0.1) is 19.7 Å². The Kier molecular flexibility index (Phi) is 8.95. The van der Waals surface area contributed by atoms with Crippen LogP contribution in [-0.2, 0) is 22.6 Å². The van der Waals surface area contributed by atoms with Crippen LogP contribution < -0.4 is 14.8 Å². The quantitative estimate of drug-likeness (QED) is 0.283. The third kappa shape index (κ3) is 6.28. The van der Waals surface area contributed by atoms with Crippen molar-refractivity contribution in [1.29, 1.82) is 0 Å². The van der Waals surface area contributed by atoms with E-state index in [-0.39, 0.29) is 24.4 Å². The molecule has 40 heavy (non-hydrogen) atoms. The van der Waals surface area contributed by atoms with E-state index in [1.165, 1.54) is 17.8 Å². The fourth-order valence-corrected chi connectivity index (χ4v) is 6.17. The summed E-state index contributed by atoms with van der Waals surface area (Å²) >= 11 is 1.48. The van der Waals surface area contributed by atoms with Gasteiger partial charge in [-0.25, -0.2) is 4.68 Å². The zero-order chi connectivity index (χ0) is 27.9. The highest BCUT2D eigenvalue weighted by atomic mass is 32.1. The first-order chi connectivity index (χ1) is 19.6. The van der Waals surface area contributed by atoms with Crippen molar-refractivity contribution in [2.24, 2.45) is 0 Å². The maximum absolute atomic E-state index is 14.0. The van der Waals surface area contributed by atoms with Crippen LogP contribution in [0.15, 0.2) is 60.0 Å². The first-order valence-electron chi connectivity index (χ1n) is 13.7. The van der Waals surface area contributed by atoms with Crippen LogP contribution in [-0.4, -0.2) is 58.5 Å². The lowest BCUT2D eigenvalue weighted by Crippen LogP contribution is -2.48. The predicted molar refractivity (Wildman–Crippen MR) is 155 cm³/mol. The van der Waals surface area contributed by atoms with Crippen molar-refractivity contribution in [3.8, 4) is 11.5 Å². The van der Waals surface area contributed by atoms with Crippen LogP contribution in [0.5, 0.6) is 11.5 Å². The smallest absolute Gasteiger partial charge is 0.248 e. The molecular formula is C30H35N5O4S. The van der Waals surface area contributed by atoms with Gasteiger partial charge in [-0.05, 0) is 60.5 Å². The number of rotatable bonds is 11. The molecule has 9 nitrogen and oxygen atoms in total. The molecule has 4 aromatic rings. The van der Waals surface area contributed by atoms with Crippen LogP contribution >= 0.6 is 11.3 Å². The highest BCUT2D eigenvalue weighted by Crippen LogP contribution is 2.30. The Bertz CT molecular complexity index is 1430. The number of hydrogen-bond acceptors (Lipinski definition) is 7. The second-order valence-corrected chi connectivity index (χ2v) is 11.0. The summed E-state index contributed by atoms with van der Waals surface area (Å²) in [6.07, 6.45) is 5.87. The van der Waals surface area contributed by atoms with Crippen LogP contribution in [0.2, 0.25) is 0 Å². The largest absolute Gasteiger partial charge is 0.493 e. The van der Waals surface area contributed by atoms with Crippen molar-refractivity contribution < 1.29 is 19.1 Å². The Labute approximate surface area is 238 Å². The summed E-state index contributed by atoms with van der Waals surface area (Å²) in [5, 5.41) is 13.6. The molecule has 0 saturated heterocycles. The monoisotopic (exact) mass is 561 g/mol. The Balaban J connectivity index is 1.45. The van der Waals surface area contributed by atoms with E-state index in [4.69, 9.17) is 9.47 Å². The molecule has 1 N–H and O–H groups in total. The zero-order valence-corrected chi connectivity index (χ0v) is 23.7. The zero-order valence-electron chi connectivity index (χ0n) is 22.9. The van der Waals surface area contributed by atoms with Crippen LogP contribution in [0.3, 0.4) is 0 Å². The van der Waals surface area contributed by atoms with E-state index in [1.807, 2.05) is 60.0 Å². The molecule has 1 aliphatic carbocycles. The van der Waals surface area contributed by atoms with Crippen LogP contribution in [0.25, 0.3) is 11.0 Å². The second kappa shape index (κ2) is 13.0. The molecule has 10 heteroatoms. The second-order valence-electron chi connectivity index (χ2n) is 10.0. The average Bonchev–Trinajstić information content (AvgIpc) is 3.66. The number of thiophene rings is 1. The first kappa shape index (κ1) is 27.6. The Morgan fingerprint density at radius 1 is 1.05 bits per heavy atom. The van der Waals surface area contributed by atoms with Crippen molar-refractivity contribution in [2.75, 3.05) is 20.8 Å². The van der Waals surface area contributed by atoms with Crippen LogP contribution in [0, 0.1) is 0 Å². The average molecular weight is 562 g/mol. The topological polar surface area (TPSA) is 98.6 Å². The lowest BCUT2D eigenvalue weighted by molar-refractivity contribution is -0.141. The molecule has 1 aliphatic rings. The van der Waals surface area contributed by atoms with Crippen molar-refractivity contribution in [2.45, 2.75) is 57.2 Å². The Morgan fingerprint density at radius 3 is 2.60 bits per heavy atom. The highest BCUT2D eigenvalue weighted by Gasteiger charge is 2.34. The molecule has 0 aliphatic heterocycles. The summed E-state index contributed by atoms with van der Waals surface area (Å²) in [5.74, 6) is 0.921. The molecule has 5 rings (SSSR count). The number of nitrogens with one attached hydrogen (secondary N) is 1. The molecule has 2 aromatic carbocycles. The standard InChI is InChI=1S/C30H35N5O4S/c1-38-25-15-14-21(19-26(25)39-2)16-17-34(28(36)20-35-24-12-7-6-11-23(24)32-33-35)29(27-13-8-18-40-27)30(37)31-22-9-4-3-5-10-22/h6-8,11-15,18-19,22,29H,3-5,9-10,16-17,20H2,1-2H3,(H,31,37)/t29-/m0/s1. The summed E-state index contributed by atoms with van der Waals surface area (Å²) in [5.41, 5.74) is 2.46. The van der Waals surface area contributed by atoms with Gasteiger partial charge in [-0.1, -0.05) is 48.7 Å². The number of para-hydroxylation sites is 1. The molecule has 1 atom stereocenters. The van der Waals surface area contributed by atoms with E-state index < -0.39 is 6.04 Å². The summed E-state index contributed by atoms with van der Waals surface area (Å²) in [4.78, 5) is 30.5. The number of benzene rings is 2. The normalized spacial score (nSPS) is 14.6. The van der Waals surface area contributed by atoms with Gasteiger partial charge in [0.1, 0.15) is 18.1 Å². The third-order valence-corrected chi connectivity index (χ3v) is 8.36. The van der Waals surface area contributed by atoms with Gasteiger partial charge >= 0.3 is 0 Å². The van der Waals surface area contributed by atoms with Gasteiger partial charge in [0.15, 0.2) is 11.5 Å². The summed E-state index contributed by atoms with van der Waals surface area (Å²) in [6.45, 7) is 0.312. The van der Waals surface area contributed by atoms with Crippen molar-refractivity contribution >= 4 is 34.2 Å². The molecule has 1 fully saturated rings. The number of carbonyl (C=O) groups excluding carboxylic acids is 2. The minimum absolute atomic E-state index is 0.0228. The van der Waals surface area contributed by atoms with E-state index in [0.717, 1.165) is 47.2 Å². The molecule has 0 spiro atoms. The molecule has 2 heterocycles. The van der Waals surface area contributed by atoms with E-state index in [0.29, 0.717) is 24.5 Å². The van der Waals surface area contributed by atoms with Gasteiger partial charge < -0.3 is 19.7 Å². The fourth-order valence-electron chi connectivity index (χ4n) is 5.33. The highest BCUT2D eigenvalue weighted by molar-refractivity contribution is 7.10. The predicted octanol–water partition coefficient (Wildman–Crippen LogP) is 4.77. The van der Waals surface area contributed by atoms with Gasteiger partial charge in [0, 0.05) is 17.5 Å². The number of methoxy groups -OCH3 is 2. The SMILES string of the molecule is COc1ccc(CCN(C(=O)Cn2nnc3ccccc32)[C@H](C(=O)NC2CCCCC2)c2cccs2)cc1OC. The van der Waals surface area contributed by atoms with Crippen LogP contribution in [0.4, 0.5) is 0 Å². The maximum atomic E-state index is 14.0. The Hall–Kier alpha value is -3.92. The summed E-state index contributed by atoms with van der Waals surface area (Å²) in [7, 11) is 3.20. The van der Waals surface area contributed by atoms with Crippen molar-refractivity contribution in [3.63, 3.8) is 0 Å². The third-order valence-electron chi connectivity index (χ3n) is 7.44. The summed E-state index contributed by atoms with van der Waals surface area (Å²) in [6, 6.07) is 16.5. The van der Waals surface area contributed by atoms with Crippen molar-refractivity contribution in [3.05, 3.63) is 70.4 Å². The van der Waals surface area contributed by atoms with E-state index >= 15 is 0 Å². The maximum Gasteiger partial charge on any atom is 0.248 e. The van der Waals surface area contributed by atoms with Gasteiger partial charge in [0.25, 0.3) is 0 Å². The lowest BCUT2D eigenvalue weighted by atomic mass is 9.95. The van der Waals surface area contributed by atoms with Gasteiger partial charge in [-0.3, -0.25) is 9.59 Å². The number of fused-ring (bicyclic) bond motifs is 1. The van der Waals surface area contributed by atoms with E-state index in [9.17, 15) is 9.59 Å². The molecule has 2 amide bonds. The van der Waals surface area contributed by atoms with Gasteiger partial charge in [-0.2, -0.15) is 0 Å². The molecule has 1 saturated carbocycles. The first-order valence-corrected chi connectivity index (χ1v) is 14.6. The van der Waals surface area contributed by atoms with Gasteiger partial charge in [0.2, 0.25) is 11.8 Å². The number of amides is 2. The molecule has 0 bridgehead atoms. The number of nitrogens with zero attached hydrogens (tertiary/aromatic N) is 4. The number of aromatic nitrogens is 3. The number of hydrogen-bond donors (Lipinski definition) is 1. The number of carbonyl (C=O) groups is 2. The van der Waals surface area contributed by atoms with E-state index in [1.54, 1.807) is 23.8 Å². The molecule has 2 aromatic heterocycles. The Morgan fingerprint density at radius 2 is 1.85 bits per heavy atom. The molecule has 210 valence electrons. The molecular weight excluding hydrogens is 526 g/mol. The van der Waals surface area contributed by atoms with Crippen LogP contribution in [0.1, 0.15) is 48.6 Å². The van der Waals surface area contributed by atoms with Crippen molar-refractivity contribution in [1.82, 2.24) is 25.2 Å². The van der Waals surface area contributed by atoms with E-state index in [2.05, 4.69) is 15.6 Å². The van der Waals surface area contributed by atoms with Gasteiger partial charge in [-0.15, -0.1) is 16.4 Å². The fraction of sp³-hybridized carbons (Fsp3) is 0.400. The summed E-state index contributed by atoms with van der Waals surface area (Å²) < 4.78 is 12.5. The minimum atomic E-state index is -0.746. The minimum Gasteiger partial charge on any atom is -0.493 e.